The fourth-order valence-corrected chi connectivity index (χ4v) is 3.26. The van der Waals surface area contributed by atoms with Crippen LogP contribution in [0.2, 0.25) is 0 Å². The van der Waals surface area contributed by atoms with Gasteiger partial charge in [-0.3, -0.25) is 4.68 Å². The van der Waals surface area contributed by atoms with E-state index in [4.69, 9.17) is 0 Å². The Balaban J connectivity index is 2.13. The summed E-state index contributed by atoms with van der Waals surface area (Å²) in [6.07, 6.45) is 3.05. The zero-order valence-corrected chi connectivity index (χ0v) is 15.1. The molecule has 0 amide bonds. The summed E-state index contributed by atoms with van der Waals surface area (Å²) in [6.45, 7) is 4.38. The van der Waals surface area contributed by atoms with E-state index >= 15 is 0 Å². The normalized spacial score (nSPS) is 11.7. The van der Waals surface area contributed by atoms with Crippen molar-refractivity contribution in [3.05, 3.63) is 60.0 Å². The molecule has 0 radical (unpaired) electrons. The van der Waals surface area contributed by atoms with Gasteiger partial charge in [-0.15, -0.1) is 0 Å². The number of aryl methyl sites for hydroxylation is 2. The van der Waals surface area contributed by atoms with Crippen molar-refractivity contribution >= 4 is 9.84 Å². The summed E-state index contributed by atoms with van der Waals surface area (Å²) in [7, 11) is -3.25. The van der Waals surface area contributed by atoms with Crippen molar-refractivity contribution in [2.24, 2.45) is 0 Å². The standard InChI is InChI=1S/C19H19FN2O2S/c1-4-22-12-17(15-6-5-13(2)18(20)11-15)19(21-22)14-7-9-16(10-8-14)25(3,23)24/h5-12H,4H2,1-3H3. The molecule has 4 nitrogen and oxygen atoms in total. The van der Waals surface area contributed by atoms with Crippen LogP contribution in [-0.2, 0) is 16.4 Å². The highest BCUT2D eigenvalue weighted by atomic mass is 32.2. The summed E-state index contributed by atoms with van der Waals surface area (Å²) >= 11 is 0. The molecule has 3 rings (SSSR count). The first kappa shape index (κ1) is 17.4. The molecule has 1 heterocycles. The van der Waals surface area contributed by atoms with E-state index in [9.17, 15) is 12.8 Å². The number of benzene rings is 2. The van der Waals surface area contributed by atoms with Crippen molar-refractivity contribution in [3.8, 4) is 22.4 Å². The van der Waals surface area contributed by atoms with E-state index in [1.807, 2.05) is 19.2 Å². The first-order valence-electron chi connectivity index (χ1n) is 7.94. The third-order valence-corrected chi connectivity index (χ3v) is 5.25. The Kier molecular flexibility index (Phi) is 4.47. The summed E-state index contributed by atoms with van der Waals surface area (Å²) in [5.74, 6) is -0.264. The van der Waals surface area contributed by atoms with Crippen LogP contribution < -0.4 is 0 Å². The predicted molar refractivity (Wildman–Crippen MR) is 96.6 cm³/mol. The van der Waals surface area contributed by atoms with Gasteiger partial charge in [0.15, 0.2) is 9.84 Å². The SMILES string of the molecule is CCn1cc(-c2ccc(C)c(F)c2)c(-c2ccc(S(C)(=O)=O)cc2)n1. The third-order valence-electron chi connectivity index (χ3n) is 4.12. The summed E-state index contributed by atoms with van der Waals surface area (Å²) in [6, 6.07) is 11.7. The van der Waals surface area contributed by atoms with Crippen LogP contribution in [-0.4, -0.2) is 24.5 Å². The van der Waals surface area contributed by atoms with Gasteiger partial charge in [-0.1, -0.05) is 24.3 Å². The van der Waals surface area contributed by atoms with Crippen molar-refractivity contribution in [2.75, 3.05) is 6.26 Å². The number of halogens is 1. The van der Waals surface area contributed by atoms with Crippen LogP contribution in [0.15, 0.2) is 53.6 Å². The molecule has 0 aliphatic rings. The Morgan fingerprint density at radius 2 is 1.72 bits per heavy atom. The Labute approximate surface area is 146 Å². The molecule has 1 aromatic heterocycles. The Hall–Kier alpha value is -2.47. The van der Waals surface area contributed by atoms with Gasteiger partial charge in [-0.05, 0) is 43.2 Å². The van der Waals surface area contributed by atoms with Crippen LogP contribution in [0.1, 0.15) is 12.5 Å². The van der Waals surface area contributed by atoms with Gasteiger partial charge in [-0.25, -0.2) is 12.8 Å². The zero-order valence-electron chi connectivity index (χ0n) is 14.3. The molecule has 0 fully saturated rings. The Morgan fingerprint density at radius 1 is 1.08 bits per heavy atom. The van der Waals surface area contributed by atoms with Gasteiger partial charge in [0.1, 0.15) is 11.5 Å². The van der Waals surface area contributed by atoms with Gasteiger partial charge in [0.2, 0.25) is 0 Å². The lowest BCUT2D eigenvalue weighted by Gasteiger charge is -2.05. The van der Waals surface area contributed by atoms with E-state index in [0.29, 0.717) is 17.8 Å². The van der Waals surface area contributed by atoms with Crippen LogP contribution in [0.25, 0.3) is 22.4 Å². The highest BCUT2D eigenvalue weighted by Crippen LogP contribution is 2.32. The number of aromatic nitrogens is 2. The molecule has 0 unspecified atom stereocenters. The summed E-state index contributed by atoms with van der Waals surface area (Å²) < 4.78 is 39.0. The number of hydrogen-bond donors (Lipinski definition) is 0. The van der Waals surface area contributed by atoms with Crippen molar-refractivity contribution in [2.45, 2.75) is 25.3 Å². The number of nitrogens with zero attached hydrogens (tertiary/aromatic N) is 2. The molecule has 2 aromatic carbocycles. The maximum absolute atomic E-state index is 14.0. The number of hydrogen-bond acceptors (Lipinski definition) is 3. The lowest BCUT2D eigenvalue weighted by Crippen LogP contribution is -1.97. The summed E-state index contributed by atoms with van der Waals surface area (Å²) in [5.41, 5.74) is 3.63. The van der Waals surface area contributed by atoms with Crippen molar-refractivity contribution < 1.29 is 12.8 Å². The second kappa shape index (κ2) is 6.44. The van der Waals surface area contributed by atoms with E-state index in [1.165, 1.54) is 12.3 Å². The fraction of sp³-hybridized carbons (Fsp3) is 0.211. The van der Waals surface area contributed by atoms with Crippen LogP contribution in [0, 0.1) is 12.7 Å². The van der Waals surface area contributed by atoms with Gasteiger partial charge in [0.25, 0.3) is 0 Å². The largest absolute Gasteiger partial charge is 0.272 e. The van der Waals surface area contributed by atoms with Gasteiger partial charge in [0.05, 0.1) is 4.90 Å². The quantitative estimate of drug-likeness (QED) is 0.706. The second-order valence-electron chi connectivity index (χ2n) is 6.01. The van der Waals surface area contributed by atoms with Crippen LogP contribution >= 0.6 is 0 Å². The van der Waals surface area contributed by atoms with E-state index in [0.717, 1.165) is 16.7 Å². The van der Waals surface area contributed by atoms with Gasteiger partial charge < -0.3 is 0 Å². The third kappa shape index (κ3) is 3.49. The maximum atomic E-state index is 14.0. The van der Waals surface area contributed by atoms with E-state index in [1.54, 1.807) is 41.9 Å². The molecule has 0 aliphatic heterocycles. The minimum atomic E-state index is -3.25. The molecular formula is C19H19FN2O2S. The Bertz CT molecular complexity index is 1020. The lowest BCUT2D eigenvalue weighted by atomic mass is 10.0. The number of rotatable bonds is 4. The van der Waals surface area contributed by atoms with Crippen LogP contribution in [0.4, 0.5) is 4.39 Å². The topological polar surface area (TPSA) is 52.0 Å². The first-order chi connectivity index (χ1) is 11.8. The number of sulfone groups is 1. The molecule has 6 heteroatoms. The minimum absolute atomic E-state index is 0.258. The highest BCUT2D eigenvalue weighted by Gasteiger charge is 2.15. The molecule has 0 spiro atoms. The monoisotopic (exact) mass is 358 g/mol. The first-order valence-corrected chi connectivity index (χ1v) is 9.83. The molecule has 0 aliphatic carbocycles. The van der Waals surface area contributed by atoms with Gasteiger partial charge in [-0.2, -0.15) is 5.10 Å². The van der Waals surface area contributed by atoms with E-state index in [2.05, 4.69) is 5.10 Å². The molecular weight excluding hydrogens is 339 g/mol. The highest BCUT2D eigenvalue weighted by molar-refractivity contribution is 7.90. The summed E-state index contributed by atoms with van der Waals surface area (Å²) in [5, 5.41) is 4.56. The lowest BCUT2D eigenvalue weighted by molar-refractivity contribution is 0.602. The van der Waals surface area contributed by atoms with E-state index < -0.39 is 9.84 Å². The fourth-order valence-electron chi connectivity index (χ4n) is 2.63. The molecule has 130 valence electrons. The molecule has 0 N–H and O–H groups in total. The van der Waals surface area contributed by atoms with Crippen molar-refractivity contribution in [1.82, 2.24) is 9.78 Å². The van der Waals surface area contributed by atoms with Crippen molar-refractivity contribution in [1.29, 1.82) is 0 Å². The second-order valence-corrected chi connectivity index (χ2v) is 8.02. The molecule has 25 heavy (non-hydrogen) atoms. The zero-order chi connectivity index (χ0) is 18.2. The maximum Gasteiger partial charge on any atom is 0.175 e. The van der Waals surface area contributed by atoms with Gasteiger partial charge in [0, 0.05) is 30.1 Å². The molecule has 0 bridgehead atoms. The molecule has 0 saturated heterocycles. The molecule has 0 atom stereocenters. The molecule has 0 saturated carbocycles. The Morgan fingerprint density at radius 3 is 2.28 bits per heavy atom. The molecule has 3 aromatic rings. The average molecular weight is 358 g/mol. The minimum Gasteiger partial charge on any atom is -0.272 e. The van der Waals surface area contributed by atoms with Crippen LogP contribution in [0.3, 0.4) is 0 Å². The van der Waals surface area contributed by atoms with E-state index in [-0.39, 0.29) is 10.7 Å². The van der Waals surface area contributed by atoms with Gasteiger partial charge >= 0.3 is 0 Å². The summed E-state index contributed by atoms with van der Waals surface area (Å²) in [4.78, 5) is 0.258. The van der Waals surface area contributed by atoms with Crippen molar-refractivity contribution in [3.63, 3.8) is 0 Å². The van der Waals surface area contributed by atoms with Crippen LogP contribution in [0.5, 0.6) is 0 Å². The predicted octanol–water partition coefficient (Wildman–Crippen LogP) is 4.09. The smallest absolute Gasteiger partial charge is 0.175 e. The average Bonchev–Trinajstić information content (AvgIpc) is 3.01.